The normalized spacial score (nSPS) is 11.8. The first kappa shape index (κ1) is 16.4. The summed E-state index contributed by atoms with van der Waals surface area (Å²) in [7, 11) is 8.21. The maximum atomic E-state index is 9.30. The Morgan fingerprint density at radius 3 is 2.00 bits per heavy atom. The van der Waals surface area contributed by atoms with E-state index in [2.05, 4.69) is 69.2 Å². The molecule has 1 aromatic carbocycles. The molecule has 0 aliphatic rings. The van der Waals surface area contributed by atoms with Crippen molar-refractivity contribution >= 4 is 11.4 Å². The summed E-state index contributed by atoms with van der Waals surface area (Å²) in [5, 5.41) is 9.30. The van der Waals surface area contributed by atoms with Gasteiger partial charge in [-0.15, -0.1) is 0 Å². The Kier molecular flexibility index (Phi) is 6.38. The van der Waals surface area contributed by atoms with Crippen LogP contribution < -0.4 is 9.80 Å². The molecule has 0 fully saturated rings. The highest BCUT2D eigenvalue weighted by atomic mass is 15.1. The van der Waals surface area contributed by atoms with Crippen LogP contribution in [-0.4, -0.2) is 28.2 Å². The second kappa shape index (κ2) is 7.79. The number of hydrogen-bond acceptors (Lipinski definition) is 3. The minimum absolute atomic E-state index is 0.127. The van der Waals surface area contributed by atoms with Gasteiger partial charge in [-0.25, -0.2) is 0 Å². The van der Waals surface area contributed by atoms with E-state index in [0.717, 1.165) is 25.7 Å². The second-order valence-electron chi connectivity index (χ2n) is 5.82. The minimum atomic E-state index is 0.127. The van der Waals surface area contributed by atoms with E-state index in [0.29, 0.717) is 0 Å². The van der Waals surface area contributed by atoms with Gasteiger partial charge in [0.1, 0.15) is 0 Å². The summed E-state index contributed by atoms with van der Waals surface area (Å²) in [4.78, 5) is 4.23. The molecule has 0 saturated carbocycles. The van der Waals surface area contributed by atoms with Crippen LogP contribution in [0.5, 0.6) is 0 Å². The van der Waals surface area contributed by atoms with Gasteiger partial charge in [-0.1, -0.05) is 19.8 Å². The van der Waals surface area contributed by atoms with Crippen LogP contribution in [0.1, 0.15) is 31.7 Å². The van der Waals surface area contributed by atoms with Gasteiger partial charge >= 0.3 is 0 Å². The Labute approximate surface area is 123 Å². The summed E-state index contributed by atoms with van der Waals surface area (Å²) in [5.41, 5.74) is 3.64. The zero-order chi connectivity index (χ0) is 15.1. The first-order valence-electron chi connectivity index (χ1n) is 7.36. The highest BCUT2D eigenvalue weighted by Gasteiger charge is 2.11. The number of anilines is 2. The third kappa shape index (κ3) is 4.77. The van der Waals surface area contributed by atoms with E-state index >= 15 is 0 Å². The van der Waals surface area contributed by atoms with E-state index in [4.69, 9.17) is 0 Å². The molecule has 1 aromatic rings. The van der Waals surface area contributed by atoms with Crippen LogP contribution in [-0.2, 0) is 6.42 Å². The summed E-state index contributed by atoms with van der Waals surface area (Å²) in [6, 6.07) is 9.03. The average molecular weight is 273 g/mol. The largest absolute Gasteiger partial charge is 0.378 e. The number of benzene rings is 1. The van der Waals surface area contributed by atoms with Crippen molar-refractivity contribution in [3.63, 3.8) is 0 Å². The quantitative estimate of drug-likeness (QED) is 0.759. The van der Waals surface area contributed by atoms with Gasteiger partial charge in [0.05, 0.1) is 12.0 Å². The lowest BCUT2D eigenvalue weighted by atomic mass is 9.95. The minimum Gasteiger partial charge on any atom is -0.378 e. The van der Waals surface area contributed by atoms with E-state index in [-0.39, 0.29) is 5.92 Å². The molecule has 3 nitrogen and oxygen atoms in total. The molecular weight excluding hydrogens is 246 g/mol. The smallest absolute Gasteiger partial charge is 0.0659 e. The Morgan fingerprint density at radius 2 is 1.60 bits per heavy atom. The van der Waals surface area contributed by atoms with Crippen LogP contribution in [0.2, 0.25) is 0 Å². The molecule has 0 aromatic heterocycles. The molecule has 1 unspecified atom stereocenters. The Morgan fingerprint density at radius 1 is 1.05 bits per heavy atom. The number of hydrogen-bond donors (Lipinski definition) is 0. The lowest BCUT2D eigenvalue weighted by molar-refractivity contribution is 0.563. The van der Waals surface area contributed by atoms with Gasteiger partial charge in [-0.2, -0.15) is 5.26 Å². The molecule has 3 heteroatoms. The first-order chi connectivity index (χ1) is 9.47. The predicted octanol–water partition coefficient (Wildman–Crippen LogP) is 3.69. The third-order valence-electron chi connectivity index (χ3n) is 3.57. The van der Waals surface area contributed by atoms with Gasteiger partial charge in [0.2, 0.25) is 0 Å². The summed E-state index contributed by atoms with van der Waals surface area (Å²) in [5.74, 6) is 0.127. The van der Waals surface area contributed by atoms with Crippen LogP contribution in [0.15, 0.2) is 18.2 Å². The standard InChI is InChI=1S/C17H27N3/c1-6-7-8-14(13-18)9-15-10-16(19(2)3)12-17(11-15)20(4)5/h10-12,14H,6-9H2,1-5H3. The molecule has 20 heavy (non-hydrogen) atoms. The van der Waals surface area contributed by atoms with E-state index in [1.165, 1.54) is 16.9 Å². The second-order valence-corrected chi connectivity index (χ2v) is 5.82. The number of rotatable bonds is 7. The molecule has 1 rings (SSSR count). The van der Waals surface area contributed by atoms with Crippen molar-refractivity contribution < 1.29 is 0 Å². The zero-order valence-corrected chi connectivity index (χ0v) is 13.5. The number of nitrogens with zero attached hydrogens (tertiary/aromatic N) is 3. The van der Waals surface area contributed by atoms with Crippen molar-refractivity contribution in [1.29, 1.82) is 5.26 Å². The molecule has 0 aliphatic carbocycles. The van der Waals surface area contributed by atoms with Crippen LogP contribution >= 0.6 is 0 Å². The monoisotopic (exact) mass is 273 g/mol. The first-order valence-corrected chi connectivity index (χ1v) is 7.36. The molecule has 110 valence electrons. The van der Waals surface area contributed by atoms with Crippen LogP contribution in [0.4, 0.5) is 11.4 Å². The van der Waals surface area contributed by atoms with Crippen molar-refractivity contribution in [2.24, 2.45) is 5.92 Å². The van der Waals surface area contributed by atoms with E-state index in [9.17, 15) is 5.26 Å². The Hall–Kier alpha value is -1.69. The third-order valence-corrected chi connectivity index (χ3v) is 3.57. The van der Waals surface area contributed by atoms with E-state index in [1.807, 2.05) is 0 Å². The summed E-state index contributed by atoms with van der Waals surface area (Å²) in [6.45, 7) is 2.17. The predicted molar refractivity (Wildman–Crippen MR) is 87.4 cm³/mol. The molecule has 0 N–H and O–H groups in total. The van der Waals surface area contributed by atoms with E-state index < -0.39 is 0 Å². The fourth-order valence-corrected chi connectivity index (χ4v) is 2.24. The topological polar surface area (TPSA) is 30.3 Å². The summed E-state index contributed by atoms with van der Waals surface area (Å²) in [6.07, 6.45) is 4.13. The highest BCUT2D eigenvalue weighted by molar-refractivity contribution is 5.60. The Bertz CT molecular complexity index is 432. The lowest BCUT2D eigenvalue weighted by Crippen LogP contribution is -2.14. The van der Waals surface area contributed by atoms with Crippen molar-refractivity contribution in [2.75, 3.05) is 38.0 Å². The van der Waals surface area contributed by atoms with Gasteiger partial charge < -0.3 is 9.80 Å². The van der Waals surface area contributed by atoms with Crippen molar-refractivity contribution in [3.8, 4) is 6.07 Å². The van der Waals surface area contributed by atoms with Gasteiger partial charge in [-0.3, -0.25) is 0 Å². The van der Waals surface area contributed by atoms with Crippen LogP contribution in [0.25, 0.3) is 0 Å². The van der Waals surface area contributed by atoms with Crippen molar-refractivity contribution in [2.45, 2.75) is 32.6 Å². The molecular formula is C17H27N3. The molecule has 0 bridgehead atoms. The van der Waals surface area contributed by atoms with Gasteiger partial charge in [-0.05, 0) is 36.6 Å². The van der Waals surface area contributed by atoms with Gasteiger partial charge in [0.15, 0.2) is 0 Å². The van der Waals surface area contributed by atoms with E-state index in [1.54, 1.807) is 0 Å². The zero-order valence-electron chi connectivity index (χ0n) is 13.5. The van der Waals surface area contributed by atoms with Crippen LogP contribution in [0, 0.1) is 17.2 Å². The summed E-state index contributed by atoms with van der Waals surface area (Å²) < 4.78 is 0. The fraction of sp³-hybridized carbons (Fsp3) is 0.588. The van der Waals surface area contributed by atoms with Crippen molar-refractivity contribution in [3.05, 3.63) is 23.8 Å². The maximum Gasteiger partial charge on any atom is 0.0659 e. The fourth-order valence-electron chi connectivity index (χ4n) is 2.24. The highest BCUT2D eigenvalue weighted by Crippen LogP contribution is 2.25. The molecule has 0 saturated heterocycles. The Balaban J connectivity index is 2.95. The maximum absolute atomic E-state index is 9.30. The molecule has 0 radical (unpaired) electrons. The van der Waals surface area contributed by atoms with Crippen LogP contribution in [0.3, 0.4) is 0 Å². The van der Waals surface area contributed by atoms with Crippen molar-refractivity contribution in [1.82, 2.24) is 0 Å². The number of nitriles is 1. The summed E-state index contributed by atoms with van der Waals surface area (Å²) >= 11 is 0. The SMILES string of the molecule is CCCCC(C#N)Cc1cc(N(C)C)cc(N(C)C)c1. The average Bonchev–Trinajstić information content (AvgIpc) is 2.42. The molecule has 0 aliphatic heterocycles. The van der Waals surface area contributed by atoms with Gasteiger partial charge in [0.25, 0.3) is 0 Å². The van der Waals surface area contributed by atoms with Gasteiger partial charge in [0, 0.05) is 39.6 Å². The molecule has 0 spiro atoms. The molecule has 1 atom stereocenters. The lowest BCUT2D eigenvalue weighted by Gasteiger charge is -2.20. The molecule has 0 amide bonds. The molecule has 0 heterocycles. The number of unbranched alkanes of at least 4 members (excludes halogenated alkanes) is 1.